The van der Waals surface area contributed by atoms with Gasteiger partial charge in [-0.05, 0) is 54.3 Å². The first-order valence-corrected chi connectivity index (χ1v) is 12.2. The molecule has 7 heteroatoms. The minimum absolute atomic E-state index is 0.0928. The van der Waals surface area contributed by atoms with Crippen molar-refractivity contribution in [3.8, 4) is 11.5 Å². The number of amides is 2. The summed E-state index contributed by atoms with van der Waals surface area (Å²) in [5.41, 5.74) is 2.88. The molecule has 0 saturated carbocycles. The molecular formula is C28H29ClN2O4. The molecule has 4 rings (SSSR count). The van der Waals surface area contributed by atoms with E-state index in [1.807, 2.05) is 67.6 Å². The first kappa shape index (κ1) is 24.6. The van der Waals surface area contributed by atoms with E-state index in [9.17, 15) is 9.59 Å². The lowest BCUT2D eigenvalue weighted by atomic mass is 10.0. The van der Waals surface area contributed by atoms with E-state index in [1.165, 1.54) is 0 Å². The number of nitrogens with zero attached hydrogens (tertiary/aromatic N) is 1. The molecular weight excluding hydrogens is 464 g/mol. The van der Waals surface area contributed by atoms with Crippen molar-refractivity contribution in [3.63, 3.8) is 0 Å². The maximum atomic E-state index is 13.6. The standard InChI is InChI=1S/C28H29ClN2O4/c1-2-30-28(33)24(16-20-6-4-3-5-7-20)31(18-22-8-12-23(29)13-9-22)27(32)15-11-21-10-14-25-26(17-21)35-19-34-25/h3-10,12-14,17,24H,2,11,15-16,18-19H2,1H3,(H,30,33)/t24-/m0/s1. The molecule has 3 aromatic rings. The molecule has 1 atom stereocenters. The Morgan fingerprint density at radius 1 is 0.943 bits per heavy atom. The van der Waals surface area contributed by atoms with E-state index < -0.39 is 6.04 Å². The smallest absolute Gasteiger partial charge is 0.243 e. The normalized spacial score (nSPS) is 12.7. The minimum Gasteiger partial charge on any atom is -0.454 e. The predicted octanol–water partition coefficient (Wildman–Crippen LogP) is 4.78. The Bertz CT molecular complexity index is 1150. The zero-order chi connectivity index (χ0) is 24.6. The van der Waals surface area contributed by atoms with Crippen LogP contribution >= 0.6 is 11.6 Å². The molecule has 0 saturated heterocycles. The summed E-state index contributed by atoms with van der Waals surface area (Å²) in [4.78, 5) is 28.5. The number of rotatable bonds is 10. The second kappa shape index (κ2) is 11.8. The second-order valence-corrected chi connectivity index (χ2v) is 8.87. The molecule has 1 N–H and O–H groups in total. The van der Waals surface area contributed by atoms with Crippen LogP contribution in [0, 0.1) is 0 Å². The van der Waals surface area contributed by atoms with Crippen molar-refractivity contribution in [1.82, 2.24) is 10.2 Å². The maximum absolute atomic E-state index is 13.6. The number of aryl methyl sites for hydroxylation is 1. The van der Waals surface area contributed by atoms with Gasteiger partial charge >= 0.3 is 0 Å². The van der Waals surface area contributed by atoms with Gasteiger partial charge in [-0.25, -0.2) is 0 Å². The fraction of sp³-hybridized carbons (Fsp3) is 0.286. The number of halogens is 1. The number of carbonyl (C=O) groups is 2. The van der Waals surface area contributed by atoms with Crippen LogP contribution in [0.1, 0.15) is 30.0 Å². The SMILES string of the molecule is CCNC(=O)[C@H](Cc1ccccc1)N(Cc1ccc(Cl)cc1)C(=O)CCc1ccc2c(c1)OCO2. The van der Waals surface area contributed by atoms with E-state index in [-0.39, 0.29) is 25.0 Å². The van der Waals surface area contributed by atoms with Crippen molar-refractivity contribution in [3.05, 3.63) is 94.5 Å². The van der Waals surface area contributed by atoms with Gasteiger partial charge in [0.2, 0.25) is 18.6 Å². The number of ether oxygens (including phenoxy) is 2. The molecule has 1 aliphatic rings. The number of hydrogen-bond acceptors (Lipinski definition) is 4. The average molecular weight is 493 g/mol. The van der Waals surface area contributed by atoms with Gasteiger partial charge in [0.15, 0.2) is 11.5 Å². The van der Waals surface area contributed by atoms with E-state index >= 15 is 0 Å². The van der Waals surface area contributed by atoms with Crippen LogP contribution in [0.25, 0.3) is 0 Å². The van der Waals surface area contributed by atoms with Gasteiger partial charge in [0, 0.05) is 31.0 Å². The zero-order valence-electron chi connectivity index (χ0n) is 19.7. The van der Waals surface area contributed by atoms with Gasteiger partial charge in [0.05, 0.1) is 0 Å². The Balaban J connectivity index is 1.57. The molecule has 3 aromatic carbocycles. The summed E-state index contributed by atoms with van der Waals surface area (Å²) in [6.45, 7) is 2.89. The molecule has 0 spiro atoms. The summed E-state index contributed by atoms with van der Waals surface area (Å²) in [7, 11) is 0. The second-order valence-electron chi connectivity index (χ2n) is 8.44. The van der Waals surface area contributed by atoms with Crippen LogP contribution in [0.5, 0.6) is 11.5 Å². The summed E-state index contributed by atoms with van der Waals surface area (Å²) < 4.78 is 10.8. The van der Waals surface area contributed by atoms with Crippen LogP contribution in [-0.2, 0) is 29.0 Å². The first-order valence-electron chi connectivity index (χ1n) is 11.8. The largest absolute Gasteiger partial charge is 0.454 e. The Hall–Kier alpha value is -3.51. The third-order valence-electron chi connectivity index (χ3n) is 5.95. The van der Waals surface area contributed by atoms with Gasteiger partial charge in [-0.15, -0.1) is 0 Å². The van der Waals surface area contributed by atoms with Gasteiger partial charge in [0.1, 0.15) is 6.04 Å². The van der Waals surface area contributed by atoms with Crippen LogP contribution < -0.4 is 14.8 Å². The fourth-order valence-corrected chi connectivity index (χ4v) is 4.25. The third kappa shape index (κ3) is 6.55. The maximum Gasteiger partial charge on any atom is 0.243 e. The van der Waals surface area contributed by atoms with Gasteiger partial charge in [0.25, 0.3) is 0 Å². The highest BCUT2D eigenvalue weighted by Crippen LogP contribution is 2.33. The van der Waals surface area contributed by atoms with Crippen LogP contribution in [0.2, 0.25) is 5.02 Å². The molecule has 1 heterocycles. The van der Waals surface area contributed by atoms with Crippen molar-refractivity contribution in [2.24, 2.45) is 0 Å². The summed E-state index contributed by atoms with van der Waals surface area (Å²) >= 11 is 6.07. The Morgan fingerprint density at radius 2 is 1.66 bits per heavy atom. The number of likely N-dealkylation sites (N-methyl/N-ethyl adjacent to an activating group) is 1. The number of nitrogens with one attached hydrogen (secondary N) is 1. The van der Waals surface area contributed by atoms with Crippen LogP contribution in [0.4, 0.5) is 0 Å². The van der Waals surface area contributed by atoms with E-state index in [0.717, 1.165) is 16.7 Å². The summed E-state index contributed by atoms with van der Waals surface area (Å²) in [5, 5.41) is 3.54. The molecule has 35 heavy (non-hydrogen) atoms. The summed E-state index contributed by atoms with van der Waals surface area (Å²) in [6.07, 6.45) is 1.22. The lowest BCUT2D eigenvalue weighted by molar-refractivity contribution is -0.141. The monoisotopic (exact) mass is 492 g/mol. The van der Waals surface area contributed by atoms with Crippen LogP contribution in [0.3, 0.4) is 0 Å². The molecule has 0 radical (unpaired) electrons. The van der Waals surface area contributed by atoms with Gasteiger partial charge in [-0.2, -0.15) is 0 Å². The highest BCUT2D eigenvalue weighted by molar-refractivity contribution is 6.30. The Morgan fingerprint density at radius 3 is 2.40 bits per heavy atom. The van der Waals surface area contributed by atoms with Crippen molar-refractivity contribution < 1.29 is 19.1 Å². The molecule has 0 fully saturated rings. The summed E-state index contributed by atoms with van der Waals surface area (Å²) in [5.74, 6) is 1.15. The third-order valence-corrected chi connectivity index (χ3v) is 6.20. The van der Waals surface area contributed by atoms with E-state index in [4.69, 9.17) is 21.1 Å². The molecule has 1 aliphatic heterocycles. The first-order chi connectivity index (χ1) is 17.0. The van der Waals surface area contributed by atoms with Crippen LogP contribution in [-0.4, -0.2) is 36.1 Å². The Labute approximate surface area is 210 Å². The molecule has 6 nitrogen and oxygen atoms in total. The zero-order valence-corrected chi connectivity index (χ0v) is 20.5. The lowest BCUT2D eigenvalue weighted by Gasteiger charge is -2.31. The fourth-order valence-electron chi connectivity index (χ4n) is 4.12. The van der Waals surface area contributed by atoms with Gasteiger partial charge in [-0.1, -0.05) is 60.1 Å². The average Bonchev–Trinajstić information content (AvgIpc) is 3.34. The van der Waals surface area contributed by atoms with Crippen molar-refractivity contribution >= 4 is 23.4 Å². The number of carbonyl (C=O) groups excluding carboxylic acids is 2. The topological polar surface area (TPSA) is 67.9 Å². The van der Waals surface area contributed by atoms with Crippen molar-refractivity contribution in [1.29, 1.82) is 0 Å². The van der Waals surface area contributed by atoms with E-state index in [0.29, 0.717) is 42.5 Å². The van der Waals surface area contributed by atoms with E-state index in [1.54, 1.807) is 17.0 Å². The minimum atomic E-state index is -0.641. The molecule has 0 aromatic heterocycles. The van der Waals surface area contributed by atoms with Crippen molar-refractivity contribution in [2.75, 3.05) is 13.3 Å². The highest BCUT2D eigenvalue weighted by Gasteiger charge is 2.30. The molecule has 2 amide bonds. The molecule has 0 bridgehead atoms. The van der Waals surface area contributed by atoms with Crippen molar-refractivity contribution in [2.45, 2.75) is 38.8 Å². The number of hydrogen-bond donors (Lipinski definition) is 1. The van der Waals surface area contributed by atoms with Gasteiger partial charge < -0.3 is 19.7 Å². The van der Waals surface area contributed by atoms with E-state index in [2.05, 4.69) is 5.32 Å². The van der Waals surface area contributed by atoms with Crippen LogP contribution in [0.15, 0.2) is 72.8 Å². The molecule has 0 aliphatic carbocycles. The lowest BCUT2D eigenvalue weighted by Crippen LogP contribution is -2.50. The number of benzene rings is 3. The summed E-state index contributed by atoms with van der Waals surface area (Å²) in [6, 6.07) is 22.2. The molecule has 182 valence electrons. The number of fused-ring (bicyclic) bond motifs is 1. The predicted molar refractivity (Wildman–Crippen MR) is 136 cm³/mol. The quantitative estimate of drug-likeness (QED) is 0.442. The molecule has 0 unspecified atom stereocenters. The highest BCUT2D eigenvalue weighted by atomic mass is 35.5. The Kier molecular flexibility index (Phi) is 8.27. The van der Waals surface area contributed by atoms with Gasteiger partial charge in [-0.3, -0.25) is 9.59 Å².